The summed E-state index contributed by atoms with van der Waals surface area (Å²) in [5, 5.41) is 6.72. The molecule has 0 fully saturated rings. The molecule has 128 valence electrons. The van der Waals surface area contributed by atoms with Gasteiger partial charge in [-0.25, -0.2) is 14.4 Å². The van der Waals surface area contributed by atoms with Crippen molar-refractivity contribution in [1.29, 1.82) is 0 Å². The summed E-state index contributed by atoms with van der Waals surface area (Å²) in [4.78, 5) is 8.31. The fourth-order valence-electron chi connectivity index (χ4n) is 2.24. The molecule has 0 radical (unpaired) electrons. The molecule has 0 aliphatic heterocycles. The average Bonchev–Trinajstić information content (AvgIpc) is 2.62. The van der Waals surface area contributed by atoms with Gasteiger partial charge in [0.15, 0.2) is 0 Å². The maximum atomic E-state index is 13.7. The second kappa shape index (κ2) is 7.81. The number of anilines is 3. The number of ether oxygens (including phenoxy) is 1. The summed E-state index contributed by atoms with van der Waals surface area (Å²) in [7, 11) is 1.56. The first-order chi connectivity index (χ1) is 12.2. The van der Waals surface area contributed by atoms with Crippen molar-refractivity contribution in [3.05, 3.63) is 71.3 Å². The molecule has 1 aromatic heterocycles. The van der Waals surface area contributed by atoms with Gasteiger partial charge in [0.1, 0.15) is 29.5 Å². The summed E-state index contributed by atoms with van der Waals surface area (Å²) in [6.07, 6.45) is 1.43. The fourth-order valence-corrected chi connectivity index (χ4v) is 2.50. The molecule has 0 spiro atoms. The fraction of sp³-hybridized carbons (Fsp3) is 0.111. The van der Waals surface area contributed by atoms with Crippen molar-refractivity contribution in [2.45, 2.75) is 6.54 Å². The molecule has 0 bridgehead atoms. The summed E-state index contributed by atoms with van der Waals surface area (Å²) >= 11 is 6.11. The summed E-state index contributed by atoms with van der Waals surface area (Å²) < 4.78 is 18.8. The smallest absolute Gasteiger partial charge is 0.137 e. The van der Waals surface area contributed by atoms with Gasteiger partial charge in [-0.1, -0.05) is 29.8 Å². The zero-order valence-electron chi connectivity index (χ0n) is 13.5. The summed E-state index contributed by atoms with van der Waals surface area (Å²) in [6.45, 7) is 0.331. The summed E-state index contributed by atoms with van der Waals surface area (Å²) in [5.41, 5.74) is 1.34. The monoisotopic (exact) mass is 358 g/mol. The van der Waals surface area contributed by atoms with Crippen LogP contribution in [0.2, 0.25) is 5.02 Å². The minimum Gasteiger partial charge on any atom is -0.495 e. The Hall–Kier alpha value is -2.86. The number of benzene rings is 2. The van der Waals surface area contributed by atoms with Crippen LogP contribution in [0.4, 0.5) is 21.7 Å². The van der Waals surface area contributed by atoms with Crippen molar-refractivity contribution in [3.8, 4) is 5.75 Å². The van der Waals surface area contributed by atoms with E-state index >= 15 is 0 Å². The topological polar surface area (TPSA) is 59.1 Å². The Kier molecular flexibility index (Phi) is 5.30. The van der Waals surface area contributed by atoms with Crippen LogP contribution in [0.3, 0.4) is 0 Å². The summed E-state index contributed by atoms with van der Waals surface area (Å²) in [5.74, 6) is 1.52. The molecule has 0 saturated carbocycles. The molecule has 0 amide bonds. The van der Waals surface area contributed by atoms with Crippen molar-refractivity contribution in [1.82, 2.24) is 9.97 Å². The maximum absolute atomic E-state index is 13.7. The van der Waals surface area contributed by atoms with Crippen LogP contribution in [0.25, 0.3) is 0 Å². The van der Waals surface area contributed by atoms with Crippen molar-refractivity contribution in [2.24, 2.45) is 0 Å². The number of methoxy groups -OCH3 is 1. The lowest BCUT2D eigenvalue weighted by molar-refractivity contribution is 0.415. The molecule has 7 heteroatoms. The van der Waals surface area contributed by atoms with Crippen molar-refractivity contribution < 1.29 is 9.13 Å². The van der Waals surface area contributed by atoms with Crippen LogP contribution in [0.5, 0.6) is 5.75 Å². The van der Waals surface area contributed by atoms with E-state index in [9.17, 15) is 4.39 Å². The lowest BCUT2D eigenvalue weighted by Gasteiger charge is -2.10. The van der Waals surface area contributed by atoms with Gasteiger partial charge < -0.3 is 15.4 Å². The Labute approximate surface area is 149 Å². The van der Waals surface area contributed by atoms with E-state index in [0.717, 1.165) is 5.69 Å². The quantitative estimate of drug-likeness (QED) is 0.672. The Morgan fingerprint density at radius 3 is 2.64 bits per heavy atom. The van der Waals surface area contributed by atoms with Crippen molar-refractivity contribution in [2.75, 3.05) is 17.7 Å². The highest BCUT2D eigenvalue weighted by Gasteiger charge is 2.05. The SMILES string of the molecule is COc1ccc(Nc2cc(NCc3ccccc3F)ncn2)cc1Cl. The molecule has 2 N–H and O–H groups in total. The molecule has 0 unspecified atom stereocenters. The first-order valence-corrected chi connectivity index (χ1v) is 7.93. The van der Waals surface area contributed by atoms with Crippen LogP contribution in [0, 0.1) is 5.82 Å². The van der Waals surface area contributed by atoms with Crippen LogP contribution in [0.1, 0.15) is 5.56 Å². The normalized spacial score (nSPS) is 10.4. The third-order valence-electron chi connectivity index (χ3n) is 3.51. The van der Waals surface area contributed by atoms with E-state index in [1.165, 1.54) is 12.4 Å². The molecule has 5 nitrogen and oxygen atoms in total. The van der Waals surface area contributed by atoms with Crippen LogP contribution in [-0.2, 0) is 6.54 Å². The molecule has 0 aliphatic rings. The van der Waals surface area contributed by atoms with Gasteiger partial charge in [-0.05, 0) is 24.3 Å². The first kappa shape index (κ1) is 17.0. The molecule has 3 rings (SSSR count). The summed E-state index contributed by atoms with van der Waals surface area (Å²) in [6, 6.07) is 13.7. The predicted molar refractivity (Wildman–Crippen MR) is 97.0 cm³/mol. The highest BCUT2D eigenvalue weighted by Crippen LogP contribution is 2.28. The number of nitrogens with zero attached hydrogens (tertiary/aromatic N) is 2. The molecular formula is C18H16ClFN4O. The zero-order valence-corrected chi connectivity index (χ0v) is 14.2. The number of aromatic nitrogens is 2. The third-order valence-corrected chi connectivity index (χ3v) is 3.80. The van der Waals surface area contributed by atoms with Gasteiger partial charge in [-0.2, -0.15) is 0 Å². The Morgan fingerprint density at radius 2 is 1.88 bits per heavy atom. The van der Waals surface area contributed by atoms with E-state index in [0.29, 0.717) is 34.5 Å². The van der Waals surface area contributed by atoms with Crippen LogP contribution in [0.15, 0.2) is 54.9 Å². The molecule has 2 aromatic carbocycles. The number of hydrogen-bond acceptors (Lipinski definition) is 5. The molecule has 25 heavy (non-hydrogen) atoms. The number of rotatable bonds is 6. The van der Waals surface area contributed by atoms with Gasteiger partial charge in [-0.3, -0.25) is 0 Å². The molecule has 0 saturated heterocycles. The first-order valence-electron chi connectivity index (χ1n) is 7.55. The molecular weight excluding hydrogens is 343 g/mol. The van der Waals surface area contributed by atoms with Gasteiger partial charge in [-0.15, -0.1) is 0 Å². The third kappa shape index (κ3) is 4.36. The maximum Gasteiger partial charge on any atom is 0.137 e. The predicted octanol–water partition coefficient (Wildman–Crippen LogP) is 4.63. The van der Waals surface area contributed by atoms with Crippen molar-refractivity contribution in [3.63, 3.8) is 0 Å². The van der Waals surface area contributed by atoms with Crippen LogP contribution < -0.4 is 15.4 Å². The van der Waals surface area contributed by atoms with Crippen LogP contribution in [-0.4, -0.2) is 17.1 Å². The Bertz CT molecular complexity index is 875. The number of hydrogen-bond donors (Lipinski definition) is 2. The molecule has 1 heterocycles. The molecule has 0 atom stereocenters. The molecule has 3 aromatic rings. The van der Waals surface area contributed by atoms with E-state index in [1.807, 2.05) is 6.07 Å². The van der Waals surface area contributed by atoms with E-state index in [1.54, 1.807) is 43.5 Å². The lowest BCUT2D eigenvalue weighted by Crippen LogP contribution is -2.04. The van der Waals surface area contributed by atoms with E-state index < -0.39 is 0 Å². The van der Waals surface area contributed by atoms with E-state index in [4.69, 9.17) is 16.3 Å². The van der Waals surface area contributed by atoms with E-state index in [2.05, 4.69) is 20.6 Å². The largest absolute Gasteiger partial charge is 0.495 e. The number of halogens is 2. The average molecular weight is 359 g/mol. The second-order valence-corrected chi connectivity index (χ2v) is 5.61. The standard InChI is InChI=1S/C18H16ClFN4O/c1-25-16-7-6-13(8-14(16)19)24-18-9-17(22-11-23-18)21-10-12-4-2-3-5-15(12)20/h2-9,11H,10H2,1H3,(H2,21,22,23,24). The van der Waals surface area contributed by atoms with Gasteiger partial charge in [0.2, 0.25) is 0 Å². The van der Waals surface area contributed by atoms with Gasteiger partial charge in [0, 0.05) is 23.9 Å². The molecule has 0 aliphatic carbocycles. The lowest BCUT2D eigenvalue weighted by atomic mass is 10.2. The number of nitrogens with one attached hydrogen (secondary N) is 2. The highest BCUT2D eigenvalue weighted by molar-refractivity contribution is 6.32. The van der Waals surface area contributed by atoms with Crippen LogP contribution >= 0.6 is 11.6 Å². The zero-order chi connectivity index (χ0) is 17.6. The van der Waals surface area contributed by atoms with Crippen molar-refractivity contribution >= 4 is 28.9 Å². The Morgan fingerprint density at radius 1 is 1.08 bits per heavy atom. The van der Waals surface area contributed by atoms with Gasteiger partial charge in [0.05, 0.1) is 12.1 Å². The minimum atomic E-state index is -0.254. The van der Waals surface area contributed by atoms with Gasteiger partial charge >= 0.3 is 0 Å². The van der Waals surface area contributed by atoms with E-state index in [-0.39, 0.29) is 5.82 Å². The second-order valence-electron chi connectivity index (χ2n) is 5.21. The van der Waals surface area contributed by atoms with Gasteiger partial charge in [0.25, 0.3) is 0 Å². The minimum absolute atomic E-state index is 0.254. The highest BCUT2D eigenvalue weighted by atomic mass is 35.5. The Balaban J connectivity index is 1.69.